The van der Waals surface area contributed by atoms with Crippen LogP contribution in [0.1, 0.15) is 45.4 Å². The predicted octanol–water partition coefficient (Wildman–Crippen LogP) is 4.13. The summed E-state index contributed by atoms with van der Waals surface area (Å²) in [5.41, 5.74) is 2.48. The Bertz CT molecular complexity index is 626. The van der Waals surface area contributed by atoms with Gasteiger partial charge in [0.25, 0.3) is 0 Å². The molecule has 1 aromatic heterocycles. The number of aryl methyl sites for hydroxylation is 1. The molecule has 4 heteroatoms. The Morgan fingerprint density at radius 3 is 2.71 bits per heavy atom. The van der Waals surface area contributed by atoms with Crippen molar-refractivity contribution < 1.29 is 0 Å². The average Bonchev–Trinajstić information content (AvgIpc) is 2.87. The standard InChI is InChI=1S/C17H24ClN3/c1-3-11-21-15-12-13(18)5-6-14(15)20-16(21)17(4-2)7-9-19-10-8-17/h5-6,12,19H,3-4,7-11H2,1-2H3. The highest BCUT2D eigenvalue weighted by molar-refractivity contribution is 6.31. The lowest BCUT2D eigenvalue weighted by Gasteiger charge is -2.36. The Kier molecular flexibility index (Phi) is 4.23. The number of piperidine rings is 1. The molecule has 2 heterocycles. The van der Waals surface area contributed by atoms with E-state index in [2.05, 4.69) is 35.9 Å². The molecule has 0 saturated carbocycles. The fourth-order valence-electron chi connectivity index (χ4n) is 3.59. The summed E-state index contributed by atoms with van der Waals surface area (Å²) < 4.78 is 2.41. The molecule has 1 N–H and O–H groups in total. The van der Waals surface area contributed by atoms with Gasteiger partial charge in [0.15, 0.2) is 0 Å². The number of nitrogens with zero attached hydrogens (tertiary/aromatic N) is 2. The molecule has 1 aromatic carbocycles. The molecule has 0 amide bonds. The lowest BCUT2D eigenvalue weighted by Crippen LogP contribution is -2.41. The van der Waals surface area contributed by atoms with E-state index in [-0.39, 0.29) is 5.41 Å². The molecule has 0 atom stereocenters. The maximum absolute atomic E-state index is 6.20. The maximum Gasteiger partial charge on any atom is 0.116 e. The first-order valence-electron chi connectivity index (χ1n) is 8.07. The first kappa shape index (κ1) is 14.9. The van der Waals surface area contributed by atoms with Gasteiger partial charge in [-0.25, -0.2) is 4.98 Å². The van der Waals surface area contributed by atoms with Crippen LogP contribution in [0.5, 0.6) is 0 Å². The Labute approximate surface area is 131 Å². The summed E-state index contributed by atoms with van der Waals surface area (Å²) in [5.74, 6) is 1.27. The molecular weight excluding hydrogens is 282 g/mol. The third-order valence-electron chi connectivity index (χ3n) is 4.87. The number of halogens is 1. The number of imidazole rings is 1. The van der Waals surface area contributed by atoms with Crippen molar-refractivity contribution in [1.29, 1.82) is 0 Å². The molecule has 3 nitrogen and oxygen atoms in total. The molecule has 1 aliphatic heterocycles. The maximum atomic E-state index is 6.20. The highest BCUT2D eigenvalue weighted by atomic mass is 35.5. The highest BCUT2D eigenvalue weighted by Gasteiger charge is 2.36. The van der Waals surface area contributed by atoms with Crippen molar-refractivity contribution in [1.82, 2.24) is 14.9 Å². The average molecular weight is 306 g/mol. The van der Waals surface area contributed by atoms with Crippen molar-refractivity contribution in [3.05, 3.63) is 29.0 Å². The molecule has 1 aliphatic rings. The van der Waals surface area contributed by atoms with Crippen molar-refractivity contribution in [2.24, 2.45) is 0 Å². The third kappa shape index (κ3) is 2.58. The molecule has 0 unspecified atom stereocenters. The van der Waals surface area contributed by atoms with E-state index in [1.807, 2.05) is 6.07 Å². The zero-order chi connectivity index (χ0) is 14.9. The molecule has 114 valence electrons. The number of benzene rings is 1. The predicted molar refractivity (Wildman–Crippen MR) is 89.1 cm³/mol. The molecule has 21 heavy (non-hydrogen) atoms. The van der Waals surface area contributed by atoms with Crippen molar-refractivity contribution in [3.63, 3.8) is 0 Å². The van der Waals surface area contributed by atoms with E-state index in [1.54, 1.807) is 0 Å². The molecule has 0 spiro atoms. The molecule has 1 saturated heterocycles. The first-order chi connectivity index (χ1) is 10.2. The minimum atomic E-state index is 0.214. The van der Waals surface area contributed by atoms with Gasteiger partial charge in [0, 0.05) is 17.0 Å². The van der Waals surface area contributed by atoms with Crippen LogP contribution >= 0.6 is 11.6 Å². The lowest BCUT2D eigenvalue weighted by atomic mass is 9.76. The van der Waals surface area contributed by atoms with Gasteiger partial charge >= 0.3 is 0 Å². The quantitative estimate of drug-likeness (QED) is 0.920. The van der Waals surface area contributed by atoms with Crippen LogP contribution in [0.2, 0.25) is 5.02 Å². The molecule has 2 aromatic rings. The van der Waals surface area contributed by atoms with Gasteiger partial charge in [-0.15, -0.1) is 0 Å². The summed E-state index contributed by atoms with van der Waals surface area (Å²) in [7, 11) is 0. The number of rotatable bonds is 4. The second-order valence-corrected chi connectivity index (χ2v) is 6.54. The van der Waals surface area contributed by atoms with Gasteiger partial charge in [-0.1, -0.05) is 25.4 Å². The van der Waals surface area contributed by atoms with E-state index in [9.17, 15) is 0 Å². The molecular formula is C17H24ClN3. The fourth-order valence-corrected chi connectivity index (χ4v) is 3.76. The van der Waals surface area contributed by atoms with Crippen molar-refractivity contribution in [3.8, 4) is 0 Å². The van der Waals surface area contributed by atoms with E-state index in [1.165, 1.54) is 24.2 Å². The van der Waals surface area contributed by atoms with E-state index in [0.29, 0.717) is 0 Å². The van der Waals surface area contributed by atoms with Crippen molar-refractivity contribution >= 4 is 22.6 Å². The van der Waals surface area contributed by atoms with Crippen LogP contribution in [0.25, 0.3) is 11.0 Å². The van der Waals surface area contributed by atoms with Gasteiger partial charge in [0.1, 0.15) is 5.82 Å². The highest BCUT2D eigenvalue weighted by Crippen LogP contribution is 2.38. The second kappa shape index (κ2) is 5.98. The van der Waals surface area contributed by atoms with Crippen molar-refractivity contribution in [2.45, 2.75) is 51.5 Å². The van der Waals surface area contributed by atoms with Crippen LogP contribution in [-0.4, -0.2) is 22.6 Å². The monoisotopic (exact) mass is 305 g/mol. The van der Waals surface area contributed by atoms with E-state index < -0.39 is 0 Å². The Morgan fingerprint density at radius 2 is 2.05 bits per heavy atom. The zero-order valence-electron chi connectivity index (χ0n) is 13.0. The lowest BCUT2D eigenvalue weighted by molar-refractivity contribution is 0.274. The van der Waals surface area contributed by atoms with Crippen molar-refractivity contribution in [2.75, 3.05) is 13.1 Å². The summed E-state index contributed by atoms with van der Waals surface area (Å²) in [4.78, 5) is 5.02. The Hall–Kier alpha value is -1.06. The Balaban J connectivity index is 2.18. The number of nitrogens with one attached hydrogen (secondary N) is 1. The Morgan fingerprint density at radius 1 is 1.29 bits per heavy atom. The summed E-state index contributed by atoms with van der Waals surface area (Å²) in [6, 6.07) is 6.06. The summed E-state index contributed by atoms with van der Waals surface area (Å²) in [6.45, 7) is 7.71. The normalized spacial score (nSPS) is 18.2. The van der Waals surface area contributed by atoms with E-state index >= 15 is 0 Å². The van der Waals surface area contributed by atoms with Crippen LogP contribution in [0, 0.1) is 0 Å². The molecule has 0 radical (unpaired) electrons. The minimum absolute atomic E-state index is 0.214. The SMILES string of the molecule is CCCn1c(C2(CC)CCNCC2)nc2ccc(Cl)cc21. The third-order valence-corrected chi connectivity index (χ3v) is 5.10. The number of hydrogen-bond acceptors (Lipinski definition) is 2. The van der Waals surface area contributed by atoms with Crippen LogP contribution in [-0.2, 0) is 12.0 Å². The van der Waals surface area contributed by atoms with Gasteiger partial charge in [-0.2, -0.15) is 0 Å². The summed E-state index contributed by atoms with van der Waals surface area (Å²) in [5, 5.41) is 4.27. The topological polar surface area (TPSA) is 29.9 Å². The van der Waals surface area contributed by atoms with Gasteiger partial charge in [-0.05, 0) is 57.0 Å². The van der Waals surface area contributed by atoms with Gasteiger partial charge < -0.3 is 9.88 Å². The number of aromatic nitrogens is 2. The number of fused-ring (bicyclic) bond motifs is 1. The molecule has 0 aliphatic carbocycles. The largest absolute Gasteiger partial charge is 0.327 e. The van der Waals surface area contributed by atoms with Gasteiger partial charge in [0.05, 0.1) is 11.0 Å². The molecule has 3 rings (SSSR count). The minimum Gasteiger partial charge on any atom is -0.327 e. The number of hydrogen-bond donors (Lipinski definition) is 1. The second-order valence-electron chi connectivity index (χ2n) is 6.10. The van der Waals surface area contributed by atoms with Crippen LogP contribution in [0.4, 0.5) is 0 Å². The van der Waals surface area contributed by atoms with Crippen LogP contribution < -0.4 is 5.32 Å². The molecule has 1 fully saturated rings. The summed E-state index contributed by atoms with van der Waals surface area (Å²) in [6.07, 6.45) is 4.60. The van der Waals surface area contributed by atoms with Gasteiger partial charge in [0.2, 0.25) is 0 Å². The van der Waals surface area contributed by atoms with E-state index in [4.69, 9.17) is 16.6 Å². The zero-order valence-corrected chi connectivity index (χ0v) is 13.7. The summed E-state index contributed by atoms with van der Waals surface area (Å²) >= 11 is 6.20. The molecule has 0 bridgehead atoms. The van der Waals surface area contributed by atoms with Crippen LogP contribution in [0.15, 0.2) is 18.2 Å². The fraction of sp³-hybridized carbons (Fsp3) is 0.588. The van der Waals surface area contributed by atoms with Crippen LogP contribution in [0.3, 0.4) is 0 Å². The smallest absolute Gasteiger partial charge is 0.116 e. The first-order valence-corrected chi connectivity index (χ1v) is 8.45. The van der Waals surface area contributed by atoms with E-state index in [0.717, 1.165) is 43.0 Å². The van der Waals surface area contributed by atoms with Gasteiger partial charge in [-0.3, -0.25) is 0 Å².